The van der Waals surface area contributed by atoms with Crippen LogP contribution in [0.2, 0.25) is 0 Å². The lowest BCUT2D eigenvalue weighted by Gasteiger charge is -2.32. The van der Waals surface area contributed by atoms with Crippen molar-refractivity contribution in [1.82, 2.24) is 25.2 Å². The number of anilines is 2. The Balaban J connectivity index is 1.21. The molecule has 1 N–H and O–H groups in total. The molecule has 5 heterocycles. The van der Waals surface area contributed by atoms with Crippen LogP contribution in [0.1, 0.15) is 92.2 Å². The van der Waals surface area contributed by atoms with Crippen molar-refractivity contribution < 1.29 is 19.1 Å². The van der Waals surface area contributed by atoms with Gasteiger partial charge in [0.05, 0.1) is 24.8 Å². The van der Waals surface area contributed by atoms with E-state index in [1.807, 2.05) is 84.4 Å². The number of esters is 2. The normalized spacial score (nSPS) is 18.9. The number of nitrogens with zero attached hydrogens (tertiary/aromatic N) is 7. The van der Waals surface area contributed by atoms with Gasteiger partial charge in [-0.05, 0) is 49.3 Å². The Morgan fingerprint density at radius 3 is 1.87 bits per heavy atom. The predicted octanol–water partition coefficient (Wildman–Crippen LogP) is 5.89. The zero-order chi connectivity index (χ0) is 38.2. The average Bonchev–Trinajstić information content (AvgIpc) is 3.79. The quantitative estimate of drug-likeness (QED) is 0.175. The monoisotopic (exact) mass is 728 g/mol. The van der Waals surface area contributed by atoms with Crippen LogP contribution in [0.3, 0.4) is 0 Å². The lowest BCUT2D eigenvalue weighted by atomic mass is 9.92. The molecule has 2 saturated heterocycles. The standard InChI is InChI=1S/C41H60N8O4/c1-9-46(33-15-19-47(26-33)38-30(13-11-17-42-38)28-52-36(50)22-40(3,4)5)25-32-21-35(24-44-45-32)49(10-2)34-16-20-48(27-34)39-31(14-12-18-43-39)29-53-37(51)23-41(6,7)8/h11-14,17-18,24,33-34,45H,9-10,15-16,19-20,22-23,25-29H2,1-8H3/t33-,34-/m1/s1. The molecule has 0 spiro atoms. The van der Waals surface area contributed by atoms with Crippen LogP contribution in [-0.2, 0) is 32.3 Å². The first kappa shape index (κ1) is 39.8. The molecule has 53 heavy (non-hydrogen) atoms. The molecule has 0 amide bonds. The van der Waals surface area contributed by atoms with Crippen LogP contribution in [0.25, 0.3) is 0 Å². The first-order chi connectivity index (χ1) is 25.2. The fraction of sp³-hybridized carbons (Fsp3) is 0.610. The number of hydrazone groups is 1. The second-order valence-electron chi connectivity index (χ2n) is 16.8. The highest BCUT2D eigenvalue weighted by Crippen LogP contribution is 2.29. The van der Waals surface area contributed by atoms with Crippen molar-refractivity contribution in [2.24, 2.45) is 15.9 Å². The molecule has 3 aliphatic rings. The zero-order valence-electron chi connectivity index (χ0n) is 33.2. The molecule has 5 rings (SSSR count). The minimum Gasteiger partial charge on any atom is -0.461 e. The van der Waals surface area contributed by atoms with Gasteiger partial charge in [0.2, 0.25) is 0 Å². The van der Waals surface area contributed by atoms with E-state index in [-0.39, 0.29) is 42.0 Å². The van der Waals surface area contributed by atoms with Gasteiger partial charge in [0, 0.05) is 74.9 Å². The van der Waals surface area contributed by atoms with E-state index in [1.54, 1.807) is 0 Å². The summed E-state index contributed by atoms with van der Waals surface area (Å²) in [6.07, 6.45) is 8.22. The summed E-state index contributed by atoms with van der Waals surface area (Å²) in [7, 11) is 0. The molecule has 2 aromatic rings. The highest BCUT2D eigenvalue weighted by Gasteiger charge is 2.32. The van der Waals surface area contributed by atoms with Crippen LogP contribution in [0.4, 0.5) is 11.6 Å². The van der Waals surface area contributed by atoms with E-state index in [0.717, 1.165) is 86.3 Å². The van der Waals surface area contributed by atoms with Crippen LogP contribution in [0.5, 0.6) is 0 Å². The maximum atomic E-state index is 12.5. The summed E-state index contributed by atoms with van der Waals surface area (Å²) in [5.41, 5.74) is 10.5. The van der Waals surface area contributed by atoms with Crippen molar-refractivity contribution in [3.05, 3.63) is 64.9 Å². The highest BCUT2D eigenvalue weighted by atomic mass is 16.5. The van der Waals surface area contributed by atoms with Crippen LogP contribution in [0.15, 0.2) is 58.9 Å². The smallest absolute Gasteiger partial charge is 0.306 e. The van der Waals surface area contributed by atoms with E-state index in [4.69, 9.17) is 19.4 Å². The topological polar surface area (TPSA) is 116 Å². The summed E-state index contributed by atoms with van der Waals surface area (Å²) in [5, 5.41) is 4.57. The molecule has 3 aliphatic heterocycles. The molecule has 2 atom stereocenters. The number of aromatic nitrogens is 2. The van der Waals surface area contributed by atoms with Crippen LogP contribution in [-0.4, -0.2) is 95.8 Å². The molecule has 0 radical (unpaired) electrons. The van der Waals surface area contributed by atoms with E-state index in [1.165, 1.54) is 0 Å². The number of hydrogen-bond donors (Lipinski definition) is 1. The number of ether oxygens (including phenoxy) is 2. The molecule has 0 unspecified atom stereocenters. The maximum Gasteiger partial charge on any atom is 0.306 e. The molecule has 12 nitrogen and oxygen atoms in total. The molecule has 0 aliphatic carbocycles. The third kappa shape index (κ3) is 11.3. The molecular weight excluding hydrogens is 669 g/mol. The minimum absolute atomic E-state index is 0.117. The predicted molar refractivity (Wildman–Crippen MR) is 209 cm³/mol. The fourth-order valence-electron chi connectivity index (χ4n) is 7.30. The van der Waals surface area contributed by atoms with E-state index < -0.39 is 0 Å². The van der Waals surface area contributed by atoms with Crippen molar-refractivity contribution in [3.8, 4) is 0 Å². The summed E-state index contributed by atoms with van der Waals surface area (Å²) in [6.45, 7) is 22.8. The van der Waals surface area contributed by atoms with Gasteiger partial charge in [-0.3, -0.25) is 19.9 Å². The van der Waals surface area contributed by atoms with Crippen molar-refractivity contribution in [2.45, 2.75) is 106 Å². The Kier molecular flexibility index (Phi) is 13.2. The summed E-state index contributed by atoms with van der Waals surface area (Å²) in [4.78, 5) is 43.8. The van der Waals surface area contributed by atoms with Gasteiger partial charge in [0.15, 0.2) is 0 Å². The number of nitrogens with one attached hydrogen (secondary N) is 1. The highest BCUT2D eigenvalue weighted by molar-refractivity contribution is 5.78. The second-order valence-corrected chi connectivity index (χ2v) is 16.8. The molecule has 0 aromatic carbocycles. The minimum atomic E-state index is -0.191. The molecule has 2 fully saturated rings. The van der Waals surface area contributed by atoms with Gasteiger partial charge in [-0.2, -0.15) is 5.10 Å². The van der Waals surface area contributed by atoms with Crippen molar-refractivity contribution >= 4 is 29.8 Å². The number of hydrogen-bond acceptors (Lipinski definition) is 12. The van der Waals surface area contributed by atoms with Crippen LogP contribution in [0, 0.1) is 10.8 Å². The summed E-state index contributed by atoms with van der Waals surface area (Å²) in [6, 6.07) is 8.40. The lowest BCUT2D eigenvalue weighted by molar-refractivity contribution is -0.148. The number of rotatable bonds is 15. The third-order valence-corrected chi connectivity index (χ3v) is 9.83. The van der Waals surface area contributed by atoms with E-state index in [0.29, 0.717) is 25.4 Å². The van der Waals surface area contributed by atoms with E-state index >= 15 is 0 Å². The molecule has 0 bridgehead atoms. The molecule has 2 aromatic heterocycles. The second kappa shape index (κ2) is 17.6. The Morgan fingerprint density at radius 2 is 1.36 bits per heavy atom. The number of likely N-dealkylation sites (N-methyl/N-ethyl adjacent to an activating group) is 2. The van der Waals surface area contributed by atoms with Crippen LogP contribution < -0.4 is 15.2 Å². The van der Waals surface area contributed by atoms with E-state index in [9.17, 15) is 9.59 Å². The number of carbonyl (C=O) groups excluding carboxylic acids is 2. The first-order valence-corrected chi connectivity index (χ1v) is 19.2. The number of pyridine rings is 2. The van der Waals surface area contributed by atoms with Gasteiger partial charge < -0.3 is 24.2 Å². The Hall–Kier alpha value is -4.41. The fourth-order valence-corrected chi connectivity index (χ4v) is 7.30. The Morgan fingerprint density at radius 1 is 0.830 bits per heavy atom. The van der Waals surface area contributed by atoms with E-state index in [2.05, 4.69) is 49.7 Å². The largest absolute Gasteiger partial charge is 0.461 e. The van der Waals surface area contributed by atoms with Gasteiger partial charge >= 0.3 is 11.9 Å². The van der Waals surface area contributed by atoms with Crippen molar-refractivity contribution in [3.63, 3.8) is 0 Å². The summed E-state index contributed by atoms with van der Waals surface area (Å²) in [5.74, 6) is 1.39. The van der Waals surface area contributed by atoms with Crippen molar-refractivity contribution in [1.29, 1.82) is 0 Å². The number of carbonyl (C=O) groups is 2. The maximum absolute atomic E-state index is 12.5. The third-order valence-electron chi connectivity index (χ3n) is 9.83. The molecule has 12 heteroatoms. The zero-order valence-corrected chi connectivity index (χ0v) is 33.2. The first-order valence-electron chi connectivity index (χ1n) is 19.2. The van der Waals surface area contributed by atoms with Gasteiger partial charge in [-0.1, -0.05) is 66.3 Å². The molecule has 288 valence electrons. The van der Waals surface area contributed by atoms with Gasteiger partial charge in [0.1, 0.15) is 30.5 Å². The lowest BCUT2D eigenvalue weighted by Crippen LogP contribution is -2.41. The summed E-state index contributed by atoms with van der Waals surface area (Å²) >= 11 is 0. The van der Waals surface area contributed by atoms with Gasteiger partial charge in [0.25, 0.3) is 0 Å². The van der Waals surface area contributed by atoms with Gasteiger partial charge in [-0.15, -0.1) is 0 Å². The van der Waals surface area contributed by atoms with Crippen molar-refractivity contribution in [2.75, 3.05) is 55.6 Å². The Labute approximate surface area is 316 Å². The Bertz CT molecular complexity index is 1670. The van der Waals surface area contributed by atoms with Gasteiger partial charge in [-0.25, -0.2) is 9.97 Å². The molecular formula is C41H60N8O4. The summed E-state index contributed by atoms with van der Waals surface area (Å²) < 4.78 is 11.3. The van der Waals surface area contributed by atoms with Crippen LogP contribution >= 0.6 is 0 Å². The molecule has 0 saturated carbocycles. The SMILES string of the molecule is CCN(CC1=C=C(N(CC)[C@@H]2CCN(c3ncccc3COC(=O)CC(C)(C)C)C2)C=NN1)[C@@H]1CCN(c2ncccc2COC(=O)CC(C)(C)C)C1. The average molecular weight is 729 g/mol.